The number of carbonyl (C=O) groups is 2. The molecule has 132 valence electrons. The zero-order valence-electron chi connectivity index (χ0n) is 15.2. The second-order valence-corrected chi connectivity index (χ2v) is 6.88. The second kappa shape index (κ2) is 8.18. The number of amides is 3. The average Bonchev–Trinajstić information content (AvgIpc) is 2.61. The summed E-state index contributed by atoms with van der Waals surface area (Å²) in [4.78, 5) is 27.9. The first kappa shape index (κ1) is 18.3. The summed E-state index contributed by atoms with van der Waals surface area (Å²) >= 11 is 0. The van der Waals surface area contributed by atoms with Gasteiger partial charge in [-0.25, -0.2) is 4.79 Å². The standard InChI is InChI=1S/C19H29N3O2/c1-5-14(2)15-8-10-17(11-9-15)20-18(23)16-7-6-12-22(13-16)19(24)21(3)4/h8-11,14,16H,5-7,12-13H2,1-4H3,(H,20,23)/t14-,16-/m1/s1. The largest absolute Gasteiger partial charge is 0.331 e. The zero-order chi connectivity index (χ0) is 17.7. The molecule has 3 amide bonds. The molecule has 0 radical (unpaired) electrons. The lowest BCUT2D eigenvalue weighted by Gasteiger charge is -2.33. The second-order valence-electron chi connectivity index (χ2n) is 6.88. The summed E-state index contributed by atoms with van der Waals surface area (Å²) in [6.45, 7) is 5.59. The smallest absolute Gasteiger partial charge is 0.319 e. The van der Waals surface area contributed by atoms with E-state index in [1.165, 1.54) is 5.56 Å². The van der Waals surface area contributed by atoms with Crippen LogP contribution in [-0.4, -0.2) is 48.9 Å². The molecule has 1 aromatic rings. The van der Waals surface area contributed by atoms with Crippen molar-refractivity contribution in [3.63, 3.8) is 0 Å². The Morgan fingerprint density at radius 3 is 2.54 bits per heavy atom. The molecule has 0 spiro atoms. The molecule has 1 N–H and O–H groups in total. The lowest BCUT2D eigenvalue weighted by Crippen LogP contribution is -2.47. The van der Waals surface area contributed by atoms with E-state index in [1.54, 1.807) is 23.9 Å². The lowest BCUT2D eigenvalue weighted by atomic mass is 9.96. The predicted octanol–water partition coefficient (Wildman–Crippen LogP) is 3.53. The molecule has 2 rings (SSSR count). The average molecular weight is 331 g/mol. The Morgan fingerprint density at radius 1 is 1.29 bits per heavy atom. The summed E-state index contributed by atoms with van der Waals surface area (Å²) in [5.74, 6) is 0.387. The van der Waals surface area contributed by atoms with E-state index < -0.39 is 0 Å². The maximum Gasteiger partial charge on any atom is 0.319 e. The van der Waals surface area contributed by atoms with Crippen molar-refractivity contribution >= 4 is 17.6 Å². The number of nitrogens with zero attached hydrogens (tertiary/aromatic N) is 2. The highest BCUT2D eigenvalue weighted by Gasteiger charge is 2.29. The van der Waals surface area contributed by atoms with Gasteiger partial charge in [0.15, 0.2) is 0 Å². The molecule has 0 aliphatic carbocycles. The van der Waals surface area contributed by atoms with Crippen LogP contribution in [0.3, 0.4) is 0 Å². The van der Waals surface area contributed by atoms with Crippen LogP contribution in [0.1, 0.15) is 44.6 Å². The number of piperidine rings is 1. The van der Waals surface area contributed by atoms with Crippen molar-refractivity contribution in [2.24, 2.45) is 5.92 Å². The molecule has 5 heteroatoms. The zero-order valence-corrected chi connectivity index (χ0v) is 15.2. The number of anilines is 1. The molecule has 0 saturated carbocycles. The van der Waals surface area contributed by atoms with Crippen molar-refractivity contribution in [1.29, 1.82) is 0 Å². The number of rotatable bonds is 4. The first-order chi connectivity index (χ1) is 11.4. The third-order valence-electron chi connectivity index (χ3n) is 4.80. The van der Waals surface area contributed by atoms with Gasteiger partial charge in [0.2, 0.25) is 5.91 Å². The molecule has 1 heterocycles. The van der Waals surface area contributed by atoms with E-state index in [0.29, 0.717) is 12.5 Å². The topological polar surface area (TPSA) is 52.7 Å². The molecular formula is C19H29N3O2. The molecule has 1 saturated heterocycles. The van der Waals surface area contributed by atoms with Crippen molar-refractivity contribution in [2.45, 2.75) is 39.0 Å². The van der Waals surface area contributed by atoms with Crippen LogP contribution < -0.4 is 5.32 Å². The van der Waals surface area contributed by atoms with Crippen LogP contribution in [0.15, 0.2) is 24.3 Å². The van der Waals surface area contributed by atoms with E-state index in [0.717, 1.165) is 31.5 Å². The van der Waals surface area contributed by atoms with Gasteiger partial charge in [0.05, 0.1) is 5.92 Å². The van der Waals surface area contributed by atoms with E-state index in [-0.39, 0.29) is 17.9 Å². The van der Waals surface area contributed by atoms with Crippen molar-refractivity contribution in [1.82, 2.24) is 9.80 Å². The van der Waals surface area contributed by atoms with Gasteiger partial charge in [-0.3, -0.25) is 4.79 Å². The maximum atomic E-state index is 12.5. The van der Waals surface area contributed by atoms with E-state index >= 15 is 0 Å². The van der Waals surface area contributed by atoms with Gasteiger partial charge in [-0.15, -0.1) is 0 Å². The van der Waals surface area contributed by atoms with Crippen LogP contribution in [0, 0.1) is 5.92 Å². The minimum Gasteiger partial charge on any atom is -0.331 e. The maximum absolute atomic E-state index is 12.5. The number of carbonyl (C=O) groups excluding carboxylic acids is 2. The minimum absolute atomic E-state index is 0.00236. The molecule has 24 heavy (non-hydrogen) atoms. The minimum atomic E-state index is -0.142. The van der Waals surface area contributed by atoms with Crippen LogP contribution in [0.25, 0.3) is 0 Å². The molecule has 1 aliphatic rings. The Kier molecular flexibility index (Phi) is 6.23. The van der Waals surface area contributed by atoms with E-state index in [4.69, 9.17) is 0 Å². The highest BCUT2D eigenvalue weighted by atomic mass is 16.2. The number of likely N-dealkylation sites (tertiary alicyclic amines) is 1. The predicted molar refractivity (Wildman–Crippen MR) is 97.2 cm³/mol. The van der Waals surface area contributed by atoms with Gasteiger partial charge in [0.1, 0.15) is 0 Å². The molecule has 0 aromatic heterocycles. The van der Waals surface area contributed by atoms with Crippen molar-refractivity contribution in [3.8, 4) is 0 Å². The molecule has 1 aliphatic heterocycles. The third kappa shape index (κ3) is 4.49. The lowest BCUT2D eigenvalue weighted by molar-refractivity contribution is -0.121. The molecule has 0 unspecified atom stereocenters. The van der Waals surface area contributed by atoms with E-state index in [1.807, 2.05) is 12.1 Å². The van der Waals surface area contributed by atoms with Crippen molar-refractivity contribution in [3.05, 3.63) is 29.8 Å². The van der Waals surface area contributed by atoms with Gasteiger partial charge in [0, 0.05) is 32.9 Å². The molecule has 5 nitrogen and oxygen atoms in total. The molecule has 0 bridgehead atoms. The van der Waals surface area contributed by atoms with Crippen LogP contribution in [0.5, 0.6) is 0 Å². The highest BCUT2D eigenvalue weighted by Crippen LogP contribution is 2.22. The Morgan fingerprint density at radius 2 is 1.96 bits per heavy atom. The number of nitrogens with one attached hydrogen (secondary N) is 1. The van der Waals surface area contributed by atoms with Gasteiger partial charge in [-0.2, -0.15) is 0 Å². The summed E-state index contributed by atoms with van der Waals surface area (Å²) in [6.07, 6.45) is 2.79. The first-order valence-electron chi connectivity index (χ1n) is 8.79. The summed E-state index contributed by atoms with van der Waals surface area (Å²) in [6, 6.07) is 8.06. The Labute approximate surface area is 145 Å². The van der Waals surface area contributed by atoms with Crippen LogP contribution in [-0.2, 0) is 4.79 Å². The number of urea groups is 1. The van der Waals surface area contributed by atoms with Crippen LogP contribution in [0.4, 0.5) is 10.5 Å². The molecule has 1 fully saturated rings. The fraction of sp³-hybridized carbons (Fsp3) is 0.579. The Hall–Kier alpha value is -2.04. The van der Waals surface area contributed by atoms with Crippen LogP contribution in [0.2, 0.25) is 0 Å². The first-order valence-corrected chi connectivity index (χ1v) is 8.79. The third-order valence-corrected chi connectivity index (χ3v) is 4.80. The summed E-state index contributed by atoms with van der Waals surface area (Å²) in [5.41, 5.74) is 2.11. The number of hydrogen-bond acceptors (Lipinski definition) is 2. The molecule has 2 atom stereocenters. The molecular weight excluding hydrogens is 302 g/mol. The normalized spacial score (nSPS) is 18.8. The Bertz CT molecular complexity index is 568. The summed E-state index contributed by atoms with van der Waals surface area (Å²) in [5, 5.41) is 2.99. The number of hydrogen-bond donors (Lipinski definition) is 1. The quantitative estimate of drug-likeness (QED) is 0.917. The fourth-order valence-corrected chi connectivity index (χ4v) is 3.02. The Balaban J connectivity index is 1.95. The monoisotopic (exact) mass is 331 g/mol. The SMILES string of the molecule is CC[C@@H](C)c1ccc(NC(=O)[C@@H]2CCCN(C(=O)N(C)C)C2)cc1. The number of benzene rings is 1. The van der Waals surface area contributed by atoms with Gasteiger partial charge >= 0.3 is 6.03 Å². The van der Waals surface area contributed by atoms with Gasteiger partial charge in [-0.1, -0.05) is 26.0 Å². The van der Waals surface area contributed by atoms with Crippen molar-refractivity contribution < 1.29 is 9.59 Å². The van der Waals surface area contributed by atoms with E-state index in [2.05, 4.69) is 31.3 Å². The highest BCUT2D eigenvalue weighted by molar-refractivity contribution is 5.93. The van der Waals surface area contributed by atoms with Gasteiger partial charge in [-0.05, 0) is 42.9 Å². The van der Waals surface area contributed by atoms with Crippen molar-refractivity contribution in [2.75, 3.05) is 32.5 Å². The fourth-order valence-electron chi connectivity index (χ4n) is 3.02. The van der Waals surface area contributed by atoms with E-state index in [9.17, 15) is 9.59 Å². The summed E-state index contributed by atoms with van der Waals surface area (Å²) < 4.78 is 0. The van der Waals surface area contributed by atoms with Gasteiger partial charge in [0.25, 0.3) is 0 Å². The van der Waals surface area contributed by atoms with Gasteiger partial charge < -0.3 is 15.1 Å². The molecule has 1 aromatic carbocycles. The summed E-state index contributed by atoms with van der Waals surface area (Å²) in [7, 11) is 3.48. The van der Waals surface area contributed by atoms with Crippen LogP contribution >= 0.6 is 0 Å².